The Labute approximate surface area is 128 Å². The summed E-state index contributed by atoms with van der Waals surface area (Å²) in [6.07, 6.45) is 8.50. The molecule has 2 aromatic heterocycles. The van der Waals surface area contributed by atoms with Crippen LogP contribution in [0.1, 0.15) is 44.0 Å². The minimum Gasteiger partial charge on any atom is -0.337 e. The number of likely N-dealkylation sites (tertiary alicyclic amines) is 1. The van der Waals surface area contributed by atoms with E-state index in [2.05, 4.69) is 15.1 Å². The van der Waals surface area contributed by atoms with Crippen LogP contribution in [-0.4, -0.2) is 32.5 Å². The predicted molar refractivity (Wildman–Crippen MR) is 78.6 cm³/mol. The van der Waals surface area contributed by atoms with E-state index in [9.17, 15) is 4.79 Å². The van der Waals surface area contributed by atoms with E-state index in [0.29, 0.717) is 11.7 Å². The Kier molecular flexibility index (Phi) is 3.36. The van der Waals surface area contributed by atoms with E-state index in [1.54, 1.807) is 12.4 Å². The van der Waals surface area contributed by atoms with Gasteiger partial charge in [-0.1, -0.05) is 5.16 Å². The topological polar surface area (TPSA) is 72.1 Å². The Bertz CT molecular complexity index is 666. The van der Waals surface area contributed by atoms with Crippen molar-refractivity contribution >= 4 is 5.91 Å². The zero-order valence-corrected chi connectivity index (χ0v) is 12.3. The van der Waals surface area contributed by atoms with Gasteiger partial charge in [-0.25, -0.2) is 0 Å². The first kappa shape index (κ1) is 13.4. The van der Waals surface area contributed by atoms with E-state index in [-0.39, 0.29) is 17.9 Å². The van der Waals surface area contributed by atoms with Gasteiger partial charge in [-0.3, -0.25) is 9.78 Å². The van der Waals surface area contributed by atoms with E-state index < -0.39 is 0 Å². The molecule has 22 heavy (non-hydrogen) atoms. The zero-order chi connectivity index (χ0) is 14.9. The summed E-state index contributed by atoms with van der Waals surface area (Å²) < 4.78 is 5.46. The summed E-state index contributed by atoms with van der Waals surface area (Å²) in [5.41, 5.74) is 0.827. The number of amides is 1. The number of carbonyl (C=O) groups is 1. The van der Waals surface area contributed by atoms with Gasteiger partial charge in [0.05, 0.1) is 0 Å². The summed E-state index contributed by atoms with van der Waals surface area (Å²) in [6.45, 7) is 0.796. The largest absolute Gasteiger partial charge is 0.337 e. The summed E-state index contributed by atoms with van der Waals surface area (Å²) in [5.74, 6) is 1.56. The molecule has 6 nitrogen and oxygen atoms in total. The van der Waals surface area contributed by atoms with Gasteiger partial charge in [-0.2, -0.15) is 4.98 Å². The SMILES string of the molecule is O=C(C1CC1)N1CCCC[C@H]1c1nc(-c2cccnc2)no1. The lowest BCUT2D eigenvalue weighted by atomic mass is 10.0. The molecule has 1 aliphatic heterocycles. The molecule has 1 saturated carbocycles. The quantitative estimate of drug-likeness (QED) is 0.871. The van der Waals surface area contributed by atoms with Crippen LogP contribution in [-0.2, 0) is 4.79 Å². The first-order chi connectivity index (χ1) is 10.8. The third kappa shape index (κ3) is 2.49. The van der Waals surface area contributed by atoms with Crippen LogP contribution in [0.5, 0.6) is 0 Å². The normalized spacial score (nSPS) is 21.8. The van der Waals surface area contributed by atoms with Crippen molar-refractivity contribution in [3.8, 4) is 11.4 Å². The molecule has 0 bridgehead atoms. The highest BCUT2D eigenvalue weighted by Crippen LogP contribution is 2.37. The molecule has 2 aliphatic rings. The van der Waals surface area contributed by atoms with E-state index in [0.717, 1.165) is 44.2 Å². The Morgan fingerprint density at radius 1 is 1.27 bits per heavy atom. The number of nitrogens with zero attached hydrogens (tertiary/aromatic N) is 4. The molecule has 0 unspecified atom stereocenters. The molecule has 6 heteroatoms. The fourth-order valence-electron chi connectivity index (χ4n) is 3.00. The number of hydrogen-bond acceptors (Lipinski definition) is 5. The molecule has 0 spiro atoms. The third-order valence-electron chi connectivity index (χ3n) is 4.36. The van der Waals surface area contributed by atoms with Crippen molar-refractivity contribution in [3.63, 3.8) is 0 Å². The van der Waals surface area contributed by atoms with Gasteiger partial charge in [0.25, 0.3) is 0 Å². The molecule has 1 atom stereocenters. The van der Waals surface area contributed by atoms with Crippen LogP contribution in [0.4, 0.5) is 0 Å². The predicted octanol–water partition coefficient (Wildman–Crippen LogP) is 2.60. The lowest BCUT2D eigenvalue weighted by Gasteiger charge is -2.33. The molecule has 0 radical (unpaired) electrons. The molecule has 2 aromatic rings. The highest BCUT2D eigenvalue weighted by Gasteiger charge is 2.39. The third-order valence-corrected chi connectivity index (χ3v) is 4.36. The Morgan fingerprint density at radius 2 is 2.18 bits per heavy atom. The molecule has 1 saturated heterocycles. The van der Waals surface area contributed by atoms with Crippen LogP contribution in [0, 0.1) is 5.92 Å². The van der Waals surface area contributed by atoms with Gasteiger partial charge < -0.3 is 9.42 Å². The van der Waals surface area contributed by atoms with E-state index in [1.165, 1.54) is 0 Å². The average Bonchev–Trinajstić information content (AvgIpc) is 3.32. The van der Waals surface area contributed by atoms with Crippen molar-refractivity contribution in [1.82, 2.24) is 20.0 Å². The van der Waals surface area contributed by atoms with Crippen molar-refractivity contribution in [2.75, 3.05) is 6.54 Å². The summed E-state index contributed by atoms with van der Waals surface area (Å²) in [6, 6.07) is 3.67. The summed E-state index contributed by atoms with van der Waals surface area (Å²) in [4.78, 5) is 23.0. The molecule has 2 fully saturated rings. The fraction of sp³-hybridized carbons (Fsp3) is 0.500. The monoisotopic (exact) mass is 298 g/mol. The maximum Gasteiger partial charge on any atom is 0.249 e. The minimum atomic E-state index is -0.0697. The zero-order valence-electron chi connectivity index (χ0n) is 12.3. The lowest BCUT2D eigenvalue weighted by Crippen LogP contribution is -2.39. The fourth-order valence-corrected chi connectivity index (χ4v) is 3.00. The first-order valence-corrected chi connectivity index (χ1v) is 7.87. The van der Waals surface area contributed by atoms with E-state index in [1.807, 2.05) is 17.0 Å². The van der Waals surface area contributed by atoms with Gasteiger partial charge in [0.15, 0.2) is 0 Å². The first-order valence-electron chi connectivity index (χ1n) is 7.87. The number of rotatable bonds is 3. The van der Waals surface area contributed by atoms with Crippen molar-refractivity contribution < 1.29 is 9.32 Å². The van der Waals surface area contributed by atoms with Crippen LogP contribution in [0.15, 0.2) is 29.0 Å². The van der Waals surface area contributed by atoms with Crippen LogP contribution in [0.3, 0.4) is 0 Å². The van der Waals surface area contributed by atoms with E-state index >= 15 is 0 Å². The number of piperidine rings is 1. The van der Waals surface area contributed by atoms with Gasteiger partial charge in [0.1, 0.15) is 6.04 Å². The van der Waals surface area contributed by atoms with Gasteiger partial charge in [0.2, 0.25) is 17.6 Å². The number of hydrogen-bond donors (Lipinski definition) is 0. The summed E-state index contributed by atoms with van der Waals surface area (Å²) >= 11 is 0. The standard InChI is InChI=1S/C16H18N4O2/c21-16(11-6-7-11)20-9-2-1-5-13(20)15-18-14(19-22-15)12-4-3-8-17-10-12/h3-4,8,10-11,13H,1-2,5-7,9H2/t13-/m0/s1. The second-order valence-electron chi connectivity index (χ2n) is 6.02. The average molecular weight is 298 g/mol. The Morgan fingerprint density at radius 3 is 2.95 bits per heavy atom. The van der Waals surface area contributed by atoms with Crippen LogP contribution < -0.4 is 0 Å². The molecule has 0 N–H and O–H groups in total. The molecule has 1 aliphatic carbocycles. The van der Waals surface area contributed by atoms with Crippen molar-refractivity contribution in [3.05, 3.63) is 30.4 Å². The summed E-state index contributed by atoms with van der Waals surface area (Å²) in [5, 5.41) is 4.05. The highest BCUT2D eigenvalue weighted by atomic mass is 16.5. The maximum atomic E-state index is 12.4. The molecule has 3 heterocycles. The van der Waals surface area contributed by atoms with Crippen molar-refractivity contribution in [1.29, 1.82) is 0 Å². The van der Waals surface area contributed by atoms with Crippen LogP contribution >= 0.6 is 0 Å². The Balaban J connectivity index is 1.59. The van der Waals surface area contributed by atoms with Crippen LogP contribution in [0.2, 0.25) is 0 Å². The van der Waals surface area contributed by atoms with Gasteiger partial charge >= 0.3 is 0 Å². The minimum absolute atomic E-state index is 0.0697. The molecular formula is C16H18N4O2. The second-order valence-corrected chi connectivity index (χ2v) is 6.02. The smallest absolute Gasteiger partial charge is 0.249 e. The highest BCUT2D eigenvalue weighted by molar-refractivity contribution is 5.81. The molecule has 4 rings (SSSR count). The van der Waals surface area contributed by atoms with Gasteiger partial charge in [0, 0.05) is 30.4 Å². The molecule has 114 valence electrons. The van der Waals surface area contributed by atoms with Gasteiger partial charge in [-0.15, -0.1) is 0 Å². The van der Waals surface area contributed by atoms with Crippen molar-refractivity contribution in [2.45, 2.75) is 38.1 Å². The molecule has 0 aromatic carbocycles. The second kappa shape index (κ2) is 5.51. The van der Waals surface area contributed by atoms with E-state index in [4.69, 9.17) is 4.52 Å². The van der Waals surface area contributed by atoms with Crippen LogP contribution in [0.25, 0.3) is 11.4 Å². The molecule has 1 amide bonds. The number of pyridine rings is 1. The number of aromatic nitrogens is 3. The van der Waals surface area contributed by atoms with Crippen molar-refractivity contribution in [2.24, 2.45) is 5.92 Å². The van der Waals surface area contributed by atoms with Gasteiger partial charge in [-0.05, 0) is 44.2 Å². The molecular weight excluding hydrogens is 280 g/mol. The summed E-state index contributed by atoms with van der Waals surface area (Å²) in [7, 11) is 0. The lowest BCUT2D eigenvalue weighted by molar-refractivity contribution is -0.137. The Hall–Kier alpha value is -2.24. The maximum absolute atomic E-state index is 12.4. The number of carbonyl (C=O) groups excluding carboxylic acids is 1.